The van der Waals surface area contributed by atoms with Gasteiger partial charge in [-0.1, -0.05) is 6.07 Å². The average Bonchev–Trinajstić information content (AvgIpc) is 2.67. The number of hydrogen-bond donors (Lipinski definition) is 0. The number of benzene rings is 1. The van der Waals surface area contributed by atoms with E-state index in [2.05, 4.69) is 21.9 Å². The van der Waals surface area contributed by atoms with E-state index in [0.717, 1.165) is 42.8 Å². The Hall–Kier alpha value is -2.60. The number of likely N-dealkylation sites (N-methyl/N-ethyl adjacent to an activating group) is 1. The van der Waals surface area contributed by atoms with Crippen LogP contribution in [0, 0.1) is 19.7 Å². The molecular formula is C22H25FN4O. The maximum atomic E-state index is 14.9. The lowest BCUT2D eigenvalue weighted by molar-refractivity contribution is 0.248. The molecule has 1 unspecified atom stereocenters. The highest BCUT2D eigenvalue weighted by atomic mass is 19.1. The molecular weight excluding hydrogens is 355 g/mol. The summed E-state index contributed by atoms with van der Waals surface area (Å²) >= 11 is 0. The van der Waals surface area contributed by atoms with Crippen molar-refractivity contribution in [3.05, 3.63) is 47.0 Å². The molecule has 0 radical (unpaired) electrons. The fourth-order valence-corrected chi connectivity index (χ4v) is 4.11. The van der Waals surface area contributed by atoms with Gasteiger partial charge in [-0.15, -0.1) is 0 Å². The minimum atomic E-state index is -0.419. The number of aryl methyl sites for hydroxylation is 2. The molecule has 3 aromatic rings. The zero-order chi connectivity index (χ0) is 19.8. The van der Waals surface area contributed by atoms with Crippen LogP contribution in [0.4, 0.5) is 4.39 Å². The number of rotatable bonds is 3. The summed E-state index contributed by atoms with van der Waals surface area (Å²) in [6.45, 7) is 6.00. The van der Waals surface area contributed by atoms with Crippen LogP contribution in [0.25, 0.3) is 22.4 Å². The molecule has 1 fully saturated rings. The molecule has 5 nitrogen and oxygen atoms in total. The summed E-state index contributed by atoms with van der Waals surface area (Å²) in [6.07, 6.45) is 4.00. The second kappa shape index (κ2) is 7.43. The Labute approximate surface area is 164 Å². The smallest absolute Gasteiger partial charge is 0.179 e. The maximum absolute atomic E-state index is 14.9. The summed E-state index contributed by atoms with van der Waals surface area (Å²) in [5.41, 5.74) is 4.77. The number of aromatic nitrogens is 3. The van der Waals surface area contributed by atoms with Gasteiger partial charge in [0.15, 0.2) is 11.5 Å². The lowest BCUT2D eigenvalue weighted by atomic mass is 9.95. The zero-order valence-electron chi connectivity index (χ0n) is 16.8. The van der Waals surface area contributed by atoms with E-state index in [1.807, 2.05) is 26.0 Å². The first-order valence-electron chi connectivity index (χ1n) is 9.63. The van der Waals surface area contributed by atoms with Gasteiger partial charge in [-0.05, 0) is 57.5 Å². The van der Waals surface area contributed by atoms with Crippen molar-refractivity contribution in [2.45, 2.75) is 32.6 Å². The van der Waals surface area contributed by atoms with Crippen LogP contribution >= 0.6 is 0 Å². The molecule has 0 aliphatic carbocycles. The molecule has 4 rings (SSSR count). The summed E-state index contributed by atoms with van der Waals surface area (Å²) in [5, 5.41) is 0. The Morgan fingerprint density at radius 2 is 2.00 bits per heavy atom. The van der Waals surface area contributed by atoms with Crippen LogP contribution in [0.5, 0.6) is 5.75 Å². The van der Waals surface area contributed by atoms with Gasteiger partial charge in [-0.3, -0.25) is 4.98 Å². The second-order valence-corrected chi connectivity index (χ2v) is 7.72. The summed E-state index contributed by atoms with van der Waals surface area (Å²) in [7, 11) is 3.72. The minimum absolute atomic E-state index is 0.258. The number of fused-ring (bicyclic) bond motifs is 1. The molecule has 1 aliphatic heterocycles. The zero-order valence-corrected chi connectivity index (χ0v) is 16.8. The monoisotopic (exact) mass is 380 g/mol. The third-order valence-electron chi connectivity index (χ3n) is 5.45. The molecule has 6 heteroatoms. The van der Waals surface area contributed by atoms with Crippen LogP contribution in [0.1, 0.15) is 35.6 Å². The van der Waals surface area contributed by atoms with Crippen molar-refractivity contribution in [1.29, 1.82) is 0 Å². The molecule has 28 heavy (non-hydrogen) atoms. The van der Waals surface area contributed by atoms with Crippen molar-refractivity contribution in [2.75, 3.05) is 27.2 Å². The molecule has 0 amide bonds. The first-order chi connectivity index (χ1) is 13.5. The Balaban J connectivity index is 1.83. The van der Waals surface area contributed by atoms with Gasteiger partial charge in [-0.25, -0.2) is 14.4 Å². The van der Waals surface area contributed by atoms with E-state index < -0.39 is 5.82 Å². The van der Waals surface area contributed by atoms with Gasteiger partial charge in [-0.2, -0.15) is 0 Å². The van der Waals surface area contributed by atoms with Crippen molar-refractivity contribution in [2.24, 2.45) is 0 Å². The van der Waals surface area contributed by atoms with E-state index in [-0.39, 0.29) is 5.69 Å². The molecule has 1 saturated heterocycles. The minimum Gasteiger partial charge on any atom is -0.496 e. The van der Waals surface area contributed by atoms with Gasteiger partial charge >= 0.3 is 0 Å². The number of hydrogen-bond acceptors (Lipinski definition) is 5. The highest BCUT2D eigenvalue weighted by Gasteiger charge is 2.22. The predicted molar refractivity (Wildman–Crippen MR) is 108 cm³/mol. The second-order valence-electron chi connectivity index (χ2n) is 7.72. The SMILES string of the molecule is COc1cc(C)cc(C)c1-c1nc2nc(C3CCCN(C)C3)cnc2cc1F. The molecule has 1 atom stereocenters. The Bertz CT molecular complexity index is 1040. The average molecular weight is 380 g/mol. The lowest BCUT2D eigenvalue weighted by Gasteiger charge is -2.29. The van der Waals surface area contributed by atoms with E-state index in [9.17, 15) is 4.39 Å². The Kier molecular flexibility index (Phi) is 4.98. The Morgan fingerprint density at radius 3 is 2.75 bits per heavy atom. The summed E-state index contributed by atoms with van der Waals surface area (Å²) in [6, 6.07) is 5.32. The number of ether oxygens (including phenoxy) is 1. The molecule has 0 bridgehead atoms. The van der Waals surface area contributed by atoms with E-state index in [1.54, 1.807) is 13.3 Å². The fourth-order valence-electron chi connectivity index (χ4n) is 4.11. The number of methoxy groups -OCH3 is 1. The molecule has 1 aromatic carbocycles. The normalized spacial score (nSPS) is 17.8. The highest BCUT2D eigenvalue weighted by molar-refractivity contribution is 5.79. The van der Waals surface area contributed by atoms with Gasteiger partial charge in [0, 0.05) is 30.3 Å². The van der Waals surface area contributed by atoms with Gasteiger partial charge in [0.25, 0.3) is 0 Å². The third kappa shape index (κ3) is 3.44. The Morgan fingerprint density at radius 1 is 1.18 bits per heavy atom. The number of piperidine rings is 1. The summed E-state index contributed by atoms with van der Waals surface area (Å²) in [5.74, 6) is 0.528. The summed E-state index contributed by atoms with van der Waals surface area (Å²) in [4.78, 5) is 16.1. The van der Waals surface area contributed by atoms with E-state index in [4.69, 9.17) is 9.72 Å². The van der Waals surface area contributed by atoms with Gasteiger partial charge in [0.1, 0.15) is 17.0 Å². The topological polar surface area (TPSA) is 51.1 Å². The van der Waals surface area contributed by atoms with Crippen LogP contribution in [0.2, 0.25) is 0 Å². The van der Waals surface area contributed by atoms with Gasteiger partial charge in [0.2, 0.25) is 0 Å². The van der Waals surface area contributed by atoms with Crippen LogP contribution in [0.3, 0.4) is 0 Å². The first kappa shape index (κ1) is 18.7. The number of nitrogens with zero attached hydrogens (tertiary/aromatic N) is 4. The molecule has 2 aromatic heterocycles. The highest BCUT2D eigenvalue weighted by Crippen LogP contribution is 2.35. The maximum Gasteiger partial charge on any atom is 0.179 e. The molecule has 0 spiro atoms. The van der Waals surface area contributed by atoms with Gasteiger partial charge < -0.3 is 9.64 Å². The van der Waals surface area contributed by atoms with E-state index in [0.29, 0.717) is 28.4 Å². The molecule has 0 N–H and O–H groups in total. The van der Waals surface area contributed by atoms with Crippen molar-refractivity contribution < 1.29 is 9.13 Å². The van der Waals surface area contributed by atoms with Gasteiger partial charge in [0.05, 0.1) is 12.8 Å². The van der Waals surface area contributed by atoms with Crippen molar-refractivity contribution in [3.63, 3.8) is 0 Å². The number of halogens is 1. The molecule has 3 heterocycles. The van der Waals surface area contributed by atoms with Crippen LogP contribution in [0.15, 0.2) is 24.4 Å². The predicted octanol–water partition coefficient (Wildman–Crippen LogP) is 4.27. The van der Waals surface area contributed by atoms with Crippen LogP contribution < -0.4 is 4.74 Å². The van der Waals surface area contributed by atoms with Crippen LogP contribution in [-0.2, 0) is 0 Å². The number of likely N-dealkylation sites (tertiary alicyclic amines) is 1. The van der Waals surface area contributed by atoms with Crippen molar-refractivity contribution >= 4 is 11.2 Å². The molecule has 0 saturated carbocycles. The standard InChI is InChI=1S/C22H25FN4O/c1-13-8-14(2)20(19(9-13)28-4)21-16(23)10-17-22(26-21)25-18(11-24-17)15-6-5-7-27(3)12-15/h8-11,15H,5-7,12H2,1-4H3. The van der Waals surface area contributed by atoms with Crippen molar-refractivity contribution in [3.8, 4) is 17.0 Å². The van der Waals surface area contributed by atoms with E-state index in [1.165, 1.54) is 6.07 Å². The first-order valence-corrected chi connectivity index (χ1v) is 9.63. The fraction of sp³-hybridized carbons (Fsp3) is 0.409. The van der Waals surface area contributed by atoms with Crippen molar-refractivity contribution in [1.82, 2.24) is 19.9 Å². The van der Waals surface area contributed by atoms with Crippen LogP contribution in [-0.4, -0.2) is 47.1 Å². The quantitative estimate of drug-likeness (QED) is 0.679. The summed E-state index contributed by atoms with van der Waals surface area (Å²) < 4.78 is 20.4. The molecule has 1 aliphatic rings. The third-order valence-corrected chi connectivity index (χ3v) is 5.45. The molecule has 146 valence electrons. The largest absolute Gasteiger partial charge is 0.496 e. The van der Waals surface area contributed by atoms with E-state index >= 15 is 0 Å². The number of pyridine rings is 1. The lowest BCUT2D eigenvalue weighted by Crippen LogP contribution is -2.31.